The Bertz CT molecular complexity index is 963. The van der Waals surface area contributed by atoms with Gasteiger partial charge in [0.15, 0.2) is 11.6 Å². The van der Waals surface area contributed by atoms with E-state index >= 15 is 0 Å². The number of anilines is 1. The molecule has 10 heteroatoms. The minimum atomic E-state index is -3.86. The van der Waals surface area contributed by atoms with Crippen molar-refractivity contribution >= 4 is 16.0 Å². The van der Waals surface area contributed by atoms with Crippen molar-refractivity contribution in [1.29, 1.82) is 0 Å². The van der Waals surface area contributed by atoms with Crippen molar-refractivity contribution in [1.82, 2.24) is 14.3 Å². The molecule has 0 aliphatic carbocycles. The van der Waals surface area contributed by atoms with Gasteiger partial charge in [-0.2, -0.15) is 4.31 Å². The molecule has 3 heterocycles. The van der Waals surface area contributed by atoms with Gasteiger partial charge in [0.05, 0.1) is 37.5 Å². The van der Waals surface area contributed by atoms with Crippen LogP contribution in [0, 0.1) is 5.82 Å². The first-order valence-corrected chi connectivity index (χ1v) is 9.94. The van der Waals surface area contributed by atoms with Crippen LogP contribution >= 0.6 is 0 Å². The number of aromatic nitrogens is 2. The minimum absolute atomic E-state index is 0.000298. The highest BCUT2D eigenvalue weighted by Crippen LogP contribution is 2.30. The van der Waals surface area contributed by atoms with Gasteiger partial charge in [-0.1, -0.05) is 0 Å². The minimum Gasteiger partial charge on any atom is -0.494 e. The summed E-state index contributed by atoms with van der Waals surface area (Å²) in [6.07, 6.45) is 1.66. The van der Waals surface area contributed by atoms with Gasteiger partial charge in [0.25, 0.3) is 0 Å². The third kappa shape index (κ3) is 3.35. The number of nitrogens with zero attached hydrogens (tertiary/aromatic N) is 4. The molecule has 0 amide bonds. The standard InChI is InChI=1S/C17H19FN4O4S/c1-25-16-3-2-13(8-14(16)18)27(23,24)22-10-12-9-19-17(20-15(12)11-22)21-4-6-26-7-5-21/h2-3,8-9H,4-7,10-11H2,1H3. The third-order valence-electron chi connectivity index (χ3n) is 4.67. The summed E-state index contributed by atoms with van der Waals surface area (Å²) in [6.45, 7) is 2.92. The van der Waals surface area contributed by atoms with Crippen LogP contribution in [0.5, 0.6) is 5.75 Å². The zero-order valence-electron chi connectivity index (χ0n) is 14.8. The summed E-state index contributed by atoms with van der Waals surface area (Å²) in [6, 6.07) is 3.62. The second kappa shape index (κ2) is 7.02. The summed E-state index contributed by atoms with van der Waals surface area (Å²) in [7, 11) is -2.53. The molecule has 8 nitrogen and oxygen atoms in total. The van der Waals surface area contributed by atoms with Crippen molar-refractivity contribution in [2.45, 2.75) is 18.0 Å². The molecule has 144 valence electrons. The molecular formula is C17H19FN4O4S. The van der Waals surface area contributed by atoms with Crippen molar-refractivity contribution in [3.63, 3.8) is 0 Å². The van der Waals surface area contributed by atoms with E-state index in [1.807, 2.05) is 4.90 Å². The molecule has 0 spiro atoms. The number of hydrogen-bond donors (Lipinski definition) is 0. The number of sulfonamides is 1. The second-order valence-corrected chi connectivity index (χ2v) is 8.25. The quantitative estimate of drug-likeness (QED) is 0.769. The van der Waals surface area contributed by atoms with Crippen LogP contribution < -0.4 is 9.64 Å². The van der Waals surface area contributed by atoms with Crippen LogP contribution in [0.2, 0.25) is 0 Å². The van der Waals surface area contributed by atoms with Crippen molar-refractivity contribution in [2.24, 2.45) is 0 Å². The van der Waals surface area contributed by atoms with Gasteiger partial charge >= 0.3 is 0 Å². The Labute approximate surface area is 156 Å². The van der Waals surface area contributed by atoms with Crippen LogP contribution in [-0.2, 0) is 27.8 Å². The van der Waals surface area contributed by atoms with Gasteiger partial charge in [0.1, 0.15) is 0 Å². The molecular weight excluding hydrogens is 375 g/mol. The predicted octanol–water partition coefficient (Wildman–Crippen LogP) is 1.17. The van der Waals surface area contributed by atoms with Crippen molar-refractivity contribution < 1.29 is 22.3 Å². The van der Waals surface area contributed by atoms with Gasteiger partial charge < -0.3 is 14.4 Å². The van der Waals surface area contributed by atoms with Crippen molar-refractivity contribution in [3.05, 3.63) is 41.5 Å². The van der Waals surface area contributed by atoms with E-state index in [9.17, 15) is 12.8 Å². The van der Waals surface area contributed by atoms with Crippen LogP contribution in [0.25, 0.3) is 0 Å². The Morgan fingerprint density at radius 1 is 1.22 bits per heavy atom. The maximum Gasteiger partial charge on any atom is 0.243 e. The number of hydrogen-bond acceptors (Lipinski definition) is 7. The molecule has 4 rings (SSSR count). The summed E-state index contributed by atoms with van der Waals surface area (Å²) < 4.78 is 51.2. The Kier molecular flexibility index (Phi) is 4.70. The number of methoxy groups -OCH3 is 1. The van der Waals surface area contributed by atoms with Crippen LogP contribution in [0.1, 0.15) is 11.3 Å². The molecule has 1 saturated heterocycles. The molecule has 0 unspecified atom stereocenters. The highest BCUT2D eigenvalue weighted by Gasteiger charge is 2.33. The molecule has 0 atom stereocenters. The summed E-state index contributed by atoms with van der Waals surface area (Å²) in [5.41, 5.74) is 1.42. The second-order valence-electron chi connectivity index (χ2n) is 6.31. The average molecular weight is 394 g/mol. The fraction of sp³-hybridized carbons (Fsp3) is 0.412. The van der Waals surface area contributed by atoms with E-state index in [1.54, 1.807) is 6.20 Å². The number of rotatable bonds is 4. The molecule has 1 aromatic heterocycles. The van der Waals surface area contributed by atoms with E-state index < -0.39 is 15.8 Å². The van der Waals surface area contributed by atoms with Gasteiger partial charge in [-0.15, -0.1) is 0 Å². The number of halogens is 1. The summed E-state index contributed by atoms with van der Waals surface area (Å²) in [4.78, 5) is 10.8. The van der Waals surface area contributed by atoms with E-state index in [-0.39, 0.29) is 23.7 Å². The van der Waals surface area contributed by atoms with Crippen LogP contribution in [0.3, 0.4) is 0 Å². The van der Waals surface area contributed by atoms with Crippen LogP contribution in [-0.4, -0.2) is 56.1 Å². The van der Waals surface area contributed by atoms with Gasteiger partial charge in [0.2, 0.25) is 16.0 Å². The zero-order chi connectivity index (χ0) is 19.0. The maximum atomic E-state index is 13.9. The van der Waals surface area contributed by atoms with Crippen LogP contribution in [0.4, 0.5) is 10.3 Å². The van der Waals surface area contributed by atoms with E-state index in [0.717, 1.165) is 11.6 Å². The Hall–Kier alpha value is -2.30. The smallest absolute Gasteiger partial charge is 0.243 e. The number of ether oxygens (including phenoxy) is 2. The predicted molar refractivity (Wildman–Crippen MR) is 94.4 cm³/mol. The van der Waals surface area contributed by atoms with E-state index in [2.05, 4.69) is 9.97 Å². The first kappa shape index (κ1) is 18.1. The summed E-state index contributed by atoms with van der Waals surface area (Å²) in [5.74, 6) is -0.142. The molecule has 0 saturated carbocycles. The van der Waals surface area contributed by atoms with Gasteiger partial charge in [-0.3, -0.25) is 0 Å². The first-order valence-electron chi connectivity index (χ1n) is 8.50. The normalized spacial score (nSPS) is 17.8. The lowest BCUT2D eigenvalue weighted by Crippen LogP contribution is -2.37. The molecule has 1 aromatic carbocycles. The lowest BCUT2D eigenvalue weighted by molar-refractivity contribution is 0.122. The molecule has 0 N–H and O–H groups in total. The zero-order valence-corrected chi connectivity index (χ0v) is 15.6. The lowest BCUT2D eigenvalue weighted by atomic mass is 10.3. The van der Waals surface area contributed by atoms with Crippen molar-refractivity contribution in [2.75, 3.05) is 38.3 Å². The monoisotopic (exact) mass is 394 g/mol. The summed E-state index contributed by atoms with van der Waals surface area (Å²) >= 11 is 0. The molecule has 2 aliphatic heterocycles. The lowest BCUT2D eigenvalue weighted by Gasteiger charge is -2.26. The van der Waals surface area contributed by atoms with Gasteiger partial charge in [-0.25, -0.2) is 22.8 Å². The number of fused-ring (bicyclic) bond motifs is 1. The average Bonchev–Trinajstić information content (AvgIpc) is 3.13. The van der Waals surface area contributed by atoms with E-state index in [0.29, 0.717) is 37.9 Å². The Balaban J connectivity index is 1.57. The SMILES string of the molecule is COc1ccc(S(=O)(=O)N2Cc3cnc(N4CCOCC4)nc3C2)cc1F. The maximum absolute atomic E-state index is 13.9. The van der Waals surface area contributed by atoms with E-state index in [4.69, 9.17) is 9.47 Å². The fourth-order valence-corrected chi connectivity index (χ4v) is 4.55. The Morgan fingerprint density at radius 2 is 2.00 bits per heavy atom. The number of morpholine rings is 1. The third-order valence-corrected chi connectivity index (χ3v) is 6.46. The number of benzene rings is 1. The van der Waals surface area contributed by atoms with Crippen molar-refractivity contribution in [3.8, 4) is 5.75 Å². The highest BCUT2D eigenvalue weighted by atomic mass is 32.2. The van der Waals surface area contributed by atoms with E-state index in [1.165, 1.54) is 23.5 Å². The molecule has 1 fully saturated rings. The largest absolute Gasteiger partial charge is 0.494 e. The van der Waals surface area contributed by atoms with Crippen LogP contribution in [0.15, 0.2) is 29.3 Å². The highest BCUT2D eigenvalue weighted by molar-refractivity contribution is 7.89. The molecule has 0 radical (unpaired) electrons. The topological polar surface area (TPSA) is 84.9 Å². The Morgan fingerprint density at radius 3 is 2.70 bits per heavy atom. The first-order chi connectivity index (χ1) is 13.0. The molecule has 27 heavy (non-hydrogen) atoms. The fourth-order valence-electron chi connectivity index (χ4n) is 3.16. The van der Waals surface area contributed by atoms with Gasteiger partial charge in [0, 0.05) is 31.4 Å². The molecule has 2 aliphatic rings. The molecule has 2 aromatic rings. The van der Waals surface area contributed by atoms with Gasteiger partial charge in [-0.05, 0) is 18.2 Å². The summed E-state index contributed by atoms with van der Waals surface area (Å²) in [5, 5.41) is 0. The molecule has 0 bridgehead atoms.